The van der Waals surface area contributed by atoms with Crippen LogP contribution in [0.25, 0.3) is 10.9 Å². The van der Waals surface area contributed by atoms with E-state index in [-0.39, 0.29) is 82.3 Å². The van der Waals surface area contributed by atoms with Crippen molar-refractivity contribution in [2.75, 3.05) is 58.8 Å². The summed E-state index contributed by atoms with van der Waals surface area (Å²) in [5, 5.41) is 54.5. The van der Waals surface area contributed by atoms with Crippen molar-refractivity contribution in [1.82, 2.24) is 77.3 Å². The number of nitrogens with zero attached hydrogens (tertiary/aromatic N) is 5. The summed E-state index contributed by atoms with van der Waals surface area (Å²) >= 11 is 0.614. The number of aliphatic carboxylic acids is 2. The minimum Gasteiger partial charge on any atom is -0.508 e. The molecule has 5 aromatic carbocycles. The number of carboxylic acids is 2. The highest BCUT2D eigenvalue weighted by Crippen LogP contribution is 2.29. The smallest absolute Gasteiger partial charge is 0.305 e. The maximum atomic E-state index is 15.7. The number of para-hydroxylation sites is 1. The number of hydrogen-bond donors (Lipinski definition) is 15. The van der Waals surface area contributed by atoms with Crippen molar-refractivity contribution in [3.63, 3.8) is 0 Å². The van der Waals surface area contributed by atoms with Crippen molar-refractivity contribution >= 4 is 123 Å². The number of thioether (sulfide) groups is 1. The van der Waals surface area contributed by atoms with Gasteiger partial charge in [-0.2, -0.15) is 0 Å². The molecule has 0 spiro atoms. The molecule has 9 rings (SSSR count). The molecule has 17 N–H and O–H groups in total. The van der Waals surface area contributed by atoms with E-state index < -0.39 is 277 Å². The maximum Gasteiger partial charge on any atom is 0.305 e. The van der Waals surface area contributed by atoms with E-state index in [4.69, 9.17) is 11.5 Å². The molecule has 722 valence electrons. The molecule has 0 bridgehead atoms. The molecule has 3 fully saturated rings. The molecular weight excluding hydrogens is 1770 g/mol. The number of nitrogens with one attached hydrogen (secondary N) is 10. The number of hydrogen-bond acceptors (Lipinski definition) is 20. The van der Waals surface area contributed by atoms with E-state index >= 15 is 51.9 Å². The van der Waals surface area contributed by atoms with Gasteiger partial charge in [-0.05, 0) is 134 Å². The number of phenolic OH excluding ortho intramolecular Hbond substituents is 1. The van der Waals surface area contributed by atoms with Gasteiger partial charge in [0, 0.05) is 95.6 Å². The third-order valence-electron chi connectivity index (χ3n) is 23.7. The van der Waals surface area contributed by atoms with Crippen LogP contribution in [0.1, 0.15) is 126 Å². The number of carbonyl (C=O) groups excluding carboxylic acids is 15. The van der Waals surface area contributed by atoms with Crippen LogP contribution in [0.15, 0.2) is 121 Å². The summed E-state index contributed by atoms with van der Waals surface area (Å²) in [5.74, 6) is -27.1. The predicted octanol–water partition coefficient (Wildman–Crippen LogP) is 1.56. The first-order chi connectivity index (χ1) is 63.7. The van der Waals surface area contributed by atoms with Crippen LogP contribution in [-0.2, 0) is 114 Å². The Morgan fingerprint density at radius 2 is 1.05 bits per heavy atom. The number of carbonyl (C=O) groups is 17. The molecule has 134 heavy (non-hydrogen) atoms. The molecule has 3 aliphatic heterocycles. The Balaban J connectivity index is 1.14. The number of nitrogens with two attached hydrogens (primary N) is 2. The molecule has 0 aliphatic carbocycles. The van der Waals surface area contributed by atoms with Crippen LogP contribution in [-0.4, -0.2) is 283 Å². The van der Waals surface area contributed by atoms with E-state index in [9.17, 15) is 62.5 Å². The summed E-state index contributed by atoms with van der Waals surface area (Å²) in [4.78, 5) is 258. The highest BCUT2D eigenvalue weighted by atomic mass is 32.2. The second-order valence-electron chi connectivity index (χ2n) is 33.8. The number of fused-ring (bicyclic) bond motifs is 3. The fourth-order valence-corrected chi connectivity index (χ4v) is 17.2. The monoisotopic (exact) mass is 1890 g/mol. The summed E-state index contributed by atoms with van der Waals surface area (Å²) in [6.07, 6.45) is -2.49. The van der Waals surface area contributed by atoms with Crippen molar-refractivity contribution < 1.29 is 114 Å². The Bertz CT molecular complexity index is 5230. The molecule has 3 aliphatic rings. The lowest BCUT2D eigenvalue weighted by atomic mass is 9.97. The lowest BCUT2D eigenvalue weighted by Crippen LogP contribution is -2.63. The number of likely N-dealkylation sites (N-methyl/N-ethyl adjacent to an activating group) is 3. The Kier molecular flexibility index (Phi) is 38.3. The molecule has 4 heterocycles. The summed E-state index contributed by atoms with van der Waals surface area (Å²) in [6.45, 7) is 3.32. The summed E-state index contributed by atoms with van der Waals surface area (Å²) in [7, 11) is 3.55. The molecule has 15 amide bonds. The molecule has 37 nitrogen and oxygen atoms in total. The molecule has 13 atom stereocenters. The minimum atomic E-state index is -1.99. The van der Waals surface area contributed by atoms with E-state index in [0.29, 0.717) is 64.3 Å². The van der Waals surface area contributed by atoms with E-state index in [0.717, 1.165) is 43.7 Å². The van der Waals surface area contributed by atoms with Gasteiger partial charge in [0.15, 0.2) is 17.5 Å². The fraction of sp³-hybridized carbons (Fsp3) is 0.467. The summed E-state index contributed by atoms with van der Waals surface area (Å²) < 4.78 is 59.7. The van der Waals surface area contributed by atoms with Gasteiger partial charge in [-0.1, -0.05) is 106 Å². The van der Waals surface area contributed by atoms with Crippen LogP contribution in [0.2, 0.25) is 0 Å². The van der Waals surface area contributed by atoms with Gasteiger partial charge >= 0.3 is 11.9 Å². The molecule has 0 unspecified atom stereocenters. The number of primary amides is 1. The average Bonchev–Trinajstić information content (AvgIpc) is 1.71. The summed E-state index contributed by atoms with van der Waals surface area (Å²) in [5.41, 5.74) is 13.1. The predicted molar refractivity (Wildman–Crippen MR) is 480 cm³/mol. The van der Waals surface area contributed by atoms with E-state index in [2.05, 4.69) is 52.8 Å². The van der Waals surface area contributed by atoms with Gasteiger partial charge in [0.05, 0.1) is 18.7 Å². The number of aromatic amines is 1. The number of unbranched alkanes of at least 4 members (excludes halogenated alkanes) is 1. The highest BCUT2D eigenvalue weighted by Gasteiger charge is 2.46. The number of halogens is 4. The third-order valence-corrected chi connectivity index (χ3v) is 24.8. The Morgan fingerprint density at radius 1 is 0.515 bits per heavy atom. The lowest BCUT2D eigenvalue weighted by Gasteiger charge is -2.38. The zero-order valence-corrected chi connectivity index (χ0v) is 75.8. The fourth-order valence-electron chi connectivity index (χ4n) is 16.4. The second kappa shape index (κ2) is 49.3. The van der Waals surface area contributed by atoms with Crippen molar-refractivity contribution in [3.8, 4) is 5.75 Å². The number of aromatic hydroxyl groups is 1. The number of benzene rings is 5. The standard InChI is InChI=1S/C92H115F4N17O20S/c1-7-8-21-71-91(132)113-37-16-23-70(113)86(127)106-66(45-77(119)120)84(125)108-79(50(2)3)92(133)110(5)72(42-51-17-10-9-11-18-51)87(128)103-63(32-33-76(117)118)89(130)112-36-15-14-22-69(112)85(126)105-65(44-55-46-99-61-20-13-12-19-58(55)61)83(124)104-64(40-52-26-30-57(114)31-27-52)82(123)102-62(34-35-97)81(122)107-68(80(121)100-47-74(98)115)48-134-49-75(116)101-67(41-54-38-59(94)78(96)60(95)39-54)88(129)111(6)73(90(131)109(71)4)43-53-24-28-56(93)29-25-53/h9-13,17-20,24-31,38-39,46,50,62-73,79,99,114H,7-8,14-16,21-23,32-37,40-45,47-49,97H2,1-6H3,(H2,98,115)(H,100,121)(H,101,116)(H,102,123)(H,103,128)(H,104,124)(H,105,126)(H,106,127)(H,107,122)(H,108,125)(H,117,118)(H,119,120)/t62-,63-,64-,65-,66-,67-,68-,69+,70+,71-,72-,73-,79-/m0/s1. The Labute approximate surface area is 774 Å². The largest absolute Gasteiger partial charge is 0.508 e. The first-order valence-electron chi connectivity index (χ1n) is 44.1. The van der Waals surface area contributed by atoms with Crippen LogP contribution in [0, 0.1) is 29.2 Å². The van der Waals surface area contributed by atoms with Gasteiger partial charge in [0.2, 0.25) is 88.6 Å². The lowest BCUT2D eigenvalue weighted by molar-refractivity contribution is -0.152. The van der Waals surface area contributed by atoms with Crippen LogP contribution in [0.3, 0.4) is 0 Å². The Morgan fingerprint density at radius 3 is 1.69 bits per heavy atom. The maximum absolute atomic E-state index is 15.7. The second-order valence-corrected chi connectivity index (χ2v) is 34.9. The first kappa shape index (κ1) is 104. The van der Waals surface area contributed by atoms with Gasteiger partial charge < -0.3 is 104 Å². The van der Waals surface area contributed by atoms with Gasteiger partial charge in [-0.25, -0.2) is 17.6 Å². The zero-order chi connectivity index (χ0) is 97.9. The normalized spacial score (nSPS) is 23.5. The highest BCUT2D eigenvalue weighted by molar-refractivity contribution is 8.00. The quantitative estimate of drug-likeness (QED) is 0.0302. The molecular formula is C92H115F4N17O20S. The van der Waals surface area contributed by atoms with E-state index in [1.165, 1.54) is 64.3 Å². The van der Waals surface area contributed by atoms with E-state index in [1.54, 1.807) is 67.7 Å². The summed E-state index contributed by atoms with van der Waals surface area (Å²) in [6, 6.07) is 4.31. The molecule has 0 radical (unpaired) electrons. The van der Waals surface area contributed by atoms with Crippen molar-refractivity contribution in [2.45, 2.75) is 208 Å². The van der Waals surface area contributed by atoms with Gasteiger partial charge in [-0.15, -0.1) is 11.8 Å². The van der Waals surface area contributed by atoms with E-state index in [1.807, 2.05) is 0 Å². The van der Waals surface area contributed by atoms with Crippen LogP contribution < -0.4 is 59.3 Å². The molecule has 6 aromatic rings. The number of H-pyrrole nitrogens is 1. The van der Waals surface area contributed by atoms with Gasteiger partial charge in [0.25, 0.3) is 0 Å². The first-order valence-corrected chi connectivity index (χ1v) is 45.3. The SMILES string of the molecule is CCCC[C@H]1C(=O)N2CCC[C@@H]2C(=O)N[C@@H](CC(=O)O)C(=O)N[C@@H](C(C)C)C(=O)N(C)[C@@H](Cc2ccccc2)C(=O)N[C@@H](CCC(=O)O)C(=O)N2CCCC[C@@H]2C(=O)N[C@@H](Cc2c[nH]c3ccccc23)C(=O)N[C@@H](Cc2ccc(O)cc2)C(=O)N[C@@H](CCN)C(=O)N[C@H](C(=O)NCC(N)=O)CSCC(=O)N[C@@H](Cc2cc(F)c(F)c(F)c2)C(=O)N(C)[C@@H](Cc2ccc(F)cc2)C(=O)N1C. The topological polar surface area (TPSA) is 543 Å². The number of rotatable bonds is 24. The Hall–Kier alpha value is -13.5. The molecule has 3 saturated heterocycles. The zero-order valence-electron chi connectivity index (χ0n) is 75.0. The number of carboxylic acid groups (broad SMARTS) is 2. The van der Waals surface area contributed by atoms with Crippen LogP contribution in [0.4, 0.5) is 17.6 Å². The number of aromatic nitrogens is 1. The van der Waals surface area contributed by atoms with Crippen LogP contribution >= 0.6 is 11.8 Å². The number of amides is 15. The molecule has 42 heteroatoms. The van der Waals surface area contributed by atoms with Crippen molar-refractivity contribution in [1.29, 1.82) is 0 Å². The minimum absolute atomic E-state index is 0.0683. The van der Waals surface area contributed by atoms with Crippen molar-refractivity contribution in [3.05, 3.63) is 173 Å². The van der Waals surface area contributed by atoms with Gasteiger partial charge in [-0.3, -0.25) is 81.5 Å². The average molecular weight is 1890 g/mol. The number of piperidine rings is 1. The van der Waals surface area contributed by atoms with Crippen LogP contribution in [0.5, 0.6) is 5.75 Å². The van der Waals surface area contributed by atoms with Crippen molar-refractivity contribution in [2.24, 2.45) is 17.4 Å². The number of phenols is 1. The molecule has 0 saturated carbocycles. The van der Waals surface area contributed by atoms with Gasteiger partial charge in [0.1, 0.15) is 90.1 Å². The molecule has 1 aromatic heterocycles. The third kappa shape index (κ3) is 28.7.